The van der Waals surface area contributed by atoms with Crippen molar-refractivity contribution in [3.05, 3.63) is 0 Å². The first-order chi connectivity index (χ1) is 8.33. The zero-order chi connectivity index (χ0) is 12.3. The third-order valence-corrected chi connectivity index (χ3v) is 3.58. The first-order valence-corrected chi connectivity index (χ1v) is 7.52. The molecule has 0 saturated heterocycles. The van der Waals surface area contributed by atoms with Crippen LogP contribution in [0.15, 0.2) is 0 Å². The Hall–Kier alpha value is -0.530. The van der Waals surface area contributed by atoms with Gasteiger partial charge in [0.25, 0.3) is 0 Å². The van der Waals surface area contributed by atoms with Crippen LogP contribution in [-0.2, 0) is 9.53 Å². The molecule has 100 valence electrons. The fourth-order valence-corrected chi connectivity index (χ4v) is 2.48. The quantitative estimate of drug-likeness (QED) is 0.434. The molecule has 2 heteroatoms. The van der Waals surface area contributed by atoms with Crippen molar-refractivity contribution >= 4 is 5.97 Å². The second-order valence-electron chi connectivity index (χ2n) is 5.27. The SMILES string of the molecule is CCCCCCCCCC(=O)OC1CCCC1. The molecule has 0 aromatic carbocycles. The molecule has 0 aromatic rings. The molecule has 0 atom stereocenters. The lowest BCUT2D eigenvalue weighted by Crippen LogP contribution is -2.14. The summed E-state index contributed by atoms with van der Waals surface area (Å²) >= 11 is 0. The van der Waals surface area contributed by atoms with Crippen molar-refractivity contribution in [1.29, 1.82) is 0 Å². The predicted octanol–water partition coefficient (Wildman–Crippen LogP) is 4.61. The number of unbranched alkanes of at least 4 members (excludes halogenated alkanes) is 6. The summed E-state index contributed by atoms with van der Waals surface area (Å²) in [5.74, 6) is 0.0328. The van der Waals surface area contributed by atoms with Crippen LogP contribution in [0, 0.1) is 0 Å². The molecule has 1 saturated carbocycles. The van der Waals surface area contributed by atoms with Crippen LogP contribution in [0.25, 0.3) is 0 Å². The van der Waals surface area contributed by atoms with E-state index in [1.165, 1.54) is 51.4 Å². The van der Waals surface area contributed by atoms with Crippen LogP contribution in [0.4, 0.5) is 0 Å². The molecular formula is C15H28O2. The summed E-state index contributed by atoms with van der Waals surface area (Å²) in [6.45, 7) is 2.24. The van der Waals surface area contributed by atoms with E-state index in [4.69, 9.17) is 4.74 Å². The summed E-state index contributed by atoms with van der Waals surface area (Å²) in [6.07, 6.45) is 14.3. The molecule has 0 radical (unpaired) electrons. The van der Waals surface area contributed by atoms with Crippen LogP contribution in [0.2, 0.25) is 0 Å². The van der Waals surface area contributed by atoms with E-state index >= 15 is 0 Å². The Morgan fingerprint density at radius 3 is 2.24 bits per heavy atom. The first-order valence-electron chi connectivity index (χ1n) is 7.52. The summed E-state index contributed by atoms with van der Waals surface area (Å²) in [5, 5.41) is 0. The van der Waals surface area contributed by atoms with Gasteiger partial charge in [-0.2, -0.15) is 0 Å². The van der Waals surface area contributed by atoms with Crippen LogP contribution in [0.1, 0.15) is 84.0 Å². The Kier molecular flexibility index (Phi) is 8.12. The Balaban J connectivity index is 1.86. The monoisotopic (exact) mass is 240 g/mol. The van der Waals surface area contributed by atoms with Gasteiger partial charge in [0.1, 0.15) is 6.10 Å². The van der Waals surface area contributed by atoms with Crippen LogP contribution in [0.5, 0.6) is 0 Å². The molecule has 0 amide bonds. The Morgan fingerprint density at radius 1 is 1.00 bits per heavy atom. The molecule has 0 spiro atoms. The number of carbonyl (C=O) groups excluding carboxylic acids is 1. The molecule has 0 aliphatic heterocycles. The smallest absolute Gasteiger partial charge is 0.306 e. The normalized spacial score (nSPS) is 16.3. The van der Waals surface area contributed by atoms with Gasteiger partial charge in [-0.3, -0.25) is 4.79 Å². The topological polar surface area (TPSA) is 26.3 Å². The minimum absolute atomic E-state index is 0.0328. The zero-order valence-electron chi connectivity index (χ0n) is 11.4. The molecule has 0 unspecified atom stereocenters. The van der Waals surface area contributed by atoms with Crippen molar-refractivity contribution in [2.75, 3.05) is 0 Å². The predicted molar refractivity (Wildman–Crippen MR) is 71.0 cm³/mol. The Bertz CT molecular complexity index is 195. The van der Waals surface area contributed by atoms with Crippen molar-refractivity contribution in [2.24, 2.45) is 0 Å². The first kappa shape index (κ1) is 14.5. The molecule has 0 heterocycles. The van der Waals surface area contributed by atoms with E-state index in [9.17, 15) is 4.79 Å². The van der Waals surface area contributed by atoms with E-state index in [1.807, 2.05) is 0 Å². The minimum atomic E-state index is 0.0328. The molecule has 0 bridgehead atoms. The van der Waals surface area contributed by atoms with Crippen molar-refractivity contribution < 1.29 is 9.53 Å². The average Bonchev–Trinajstić information content (AvgIpc) is 2.80. The number of hydrogen-bond acceptors (Lipinski definition) is 2. The maximum absolute atomic E-state index is 11.5. The number of esters is 1. The van der Waals surface area contributed by atoms with Crippen molar-refractivity contribution in [2.45, 2.75) is 90.1 Å². The van der Waals surface area contributed by atoms with Gasteiger partial charge in [-0.1, -0.05) is 45.4 Å². The van der Waals surface area contributed by atoms with E-state index in [0.717, 1.165) is 19.3 Å². The lowest BCUT2D eigenvalue weighted by molar-refractivity contribution is -0.148. The Labute approximate surface area is 106 Å². The summed E-state index contributed by atoms with van der Waals surface area (Å²) in [7, 11) is 0. The molecule has 17 heavy (non-hydrogen) atoms. The summed E-state index contributed by atoms with van der Waals surface area (Å²) in [5.41, 5.74) is 0. The van der Waals surface area contributed by atoms with Crippen LogP contribution in [0.3, 0.4) is 0 Å². The molecule has 1 rings (SSSR count). The molecule has 0 N–H and O–H groups in total. The molecule has 0 aromatic heterocycles. The van der Waals surface area contributed by atoms with Crippen LogP contribution >= 0.6 is 0 Å². The highest BCUT2D eigenvalue weighted by atomic mass is 16.5. The minimum Gasteiger partial charge on any atom is -0.462 e. The highest BCUT2D eigenvalue weighted by Gasteiger charge is 2.18. The van der Waals surface area contributed by atoms with Gasteiger partial charge in [0, 0.05) is 6.42 Å². The van der Waals surface area contributed by atoms with Gasteiger partial charge in [-0.05, 0) is 32.1 Å². The van der Waals surface area contributed by atoms with Gasteiger partial charge in [0.15, 0.2) is 0 Å². The van der Waals surface area contributed by atoms with Gasteiger partial charge < -0.3 is 4.74 Å². The maximum atomic E-state index is 11.5. The molecule has 1 aliphatic rings. The molecule has 1 fully saturated rings. The van der Waals surface area contributed by atoms with E-state index in [2.05, 4.69) is 6.92 Å². The van der Waals surface area contributed by atoms with E-state index in [0.29, 0.717) is 6.42 Å². The summed E-state index contributed by atoms with van der Waals surface area (Å²) < 4.78 is 5.42. The van der Waals surface area contributed by atoms with Gasteiger partial charge in [0.2, 0.25) is 0 Å². The molecular weight excluding hydrogens is 212 g/mol. The fraction of sp³-hybridized carbons (Fsp3) is 0.933. The van der Waals surface area contributed by atoms with Crippen molar-refractivity contribution in [3.8, 4) is 0 Å². The molecule has 2 nitrogen and oxygen atoms in total. The Morgan fingerprint density at radius 2 is 1.59 bits per heavy atom. The number of carbonyl (C=O) groups is 1. The van der Waals surface area contributed by atoms with Gasteiger partial charge >= 0.3 is 5.97 Å². The number of ether oxygens (including phenoxy) is 1. The second-order valence-corrected chi connectivity index (χ2v) is 5.27. The summed E-state index contributed by atoms with van der Waals surface area (Å²) in [6, 6.07) is 0. The van der Waals surface area contributed by atoms with Crippen molar-refractivity contribution in [1.82, 2.24) is 0 Å². The second kappa shape index (κ2) is 9.49. The average molecular weight is 240 g/mol. The van der Waals surface area contributed by atoms with Crippen LogP contribution < -0.4 is 0 Å². The third kappa shape index (κ3) is 7.40. The highest BCUT2D eigenvalue weighted by Crippen LogP contribution is 2.21. The third-order valence-electron chi connectivity index (χ3n) is 3.58. The summed E-state index contributed by atoms with van der Waals surface area (Å²) in [4.78, 5) is 11.5. The van der Waals surface area contributed by atoms with Gasteiger partial charge in [0.05, 0.1) is 0 Å². The van der Waals surface area contributed by atoms with Crippen LogP contribution in [-0.4, -0.2) is 12.1 Å². The van der Waals surface area contributed by atoms with E-state index < -0.39 is 0 Å². The number of rotatable bonds is 9. The zero-order valence-corrected chi connectivity index (χ0v) is 11.4. The van der Waals surface area contributed by atoms with E-state index in [1.54, 1.807) is 0 Å². The van der Waals surface area contributed by atoms with Gasteiger partial charge in [-0.15, -0.1) is 0 Å². The fourth-order valence-electron chi connectivity index (χ4n) is 2.48. The highest BCUT2D eigenvalue weighted by molar-refractivity contribution is 5.69. The number of hydrogen-bond donors (Lipinski definition) is 0. The van der Waals surface area contributed by atoms with Gasteiger partial charge in [-0.25, -0.2) is 0 Å². The van der Waals surface area contributed by atoms with Crippen molar-refractivity contribution in [3.63, 3.8) is 0 Å². The maximum Gasteiger partial charge on any atom is 0.306 e. The largest absolute Gasteiger partial charge is 0.462 e. The standard InChI is InChI=1S/C15H28O2/c1-2-3-4-5-6-7-8-13-15(16)17-14-11-9-10-12-14/h14H,2-13H2,1H3. The lowest BCUT2D eigenvalue weighted by Gasteiger charge is -2.10. The lowest BCUT2D eigenvalue weighted by atomic mass is 10.1. The molecule has 1 aliphatic carbocycles. The van der Waals surface area contributed by atoms with E-state index in [-0.39, 0.29) is 12.1 Å².